The van der Waals surface area contributed by atoms with Gasteiger partial charge in [0.05, 0.1) is 5.60 Å². The molecule has 0 saturated heterocycles. The maximum Gasteiger partial charge on any atom is 0.0837 e. The Morgan fingerprint density at radius 3 is 2.75 bits per heavy atom. The molecule has 1 N–H and O–H groups in total. The van der Waals surface area contributed by atoms with E-state index in [0.29, 0.717) is 6.04 Å². The fourth-order valence-corrected chi connectivity index (χ4v) is 3.37. The average molecular weight is 276 g/mol. The maximum absolute atomic E-state index is 6.24. The van der Waals surface area contributed by atoms with Crippen LogP contribution in [0.15, 0.2) is 24.5 Å². The molecule has 112 valence electrons. The minimum atomic E-state index is 0.0275. The van der Waals surface area contributed by atoms with Crippen molar-refractivity contribution in [3.8, 4) is 0 Å². The summed E-state index contributed by atoms with van der Waals surface area (Å²) in [6, 6.07) is 4.59. The minimum Gasteiger partial charge on any atom is -0.374 e. The van der Waals surface area contributed by atoms with E-state index in [4.69, 9.17) is 4.74 Å². The van der Waals surface area contributed by atoms with Crippen LogP contribution in [0.1, 0.15) is 51.5 Å². The predicted octanol–water partition coefficient (Wildman–Crippen LogP) is 3.34. The van der Waals surface area contributed by atoms with E-state index >= 15 is 0 Å². The molecule has 0 aromatic carbocycles. The maximum atomic E-state index is 6.24. The molecule has 3 nitrogen and oxygen atoms in total. The van der Waals surface area contributed by atoms with Gasteiger partial charge in [-0.2, -0.15) is 0 Å². The van der Waals surface area contributed by atoms with Gasteiger partial charge in [-0.15, -0.1) is 0 Å². The lowest BCUT2D eigenvalue weighted by Crippen LogP contribution is -2.52. The summed E-state index contributed by atoms with van der Waals surface area (Å²) in [5, 5.41) is 3.73. The summed E-state index contributed by atoms with van der Waals surface area (Å²) >= 11 is 0. The number of ether oxygens (including phenoxy) is 1. The van der Waals surface area contributed by atoms with Gasteiger partial charge in [-0.3, -0.25) is 4.98 Å². The van der Waals surface area contributed by atoms with Crippen LogP contribution in [0.25, 0.3) is 0 Å². The zero-order valence-corrected chi connectivity index (χ0v) is 12.9. The monoisotopic (exact) mass is 276 g/mol. The van der Waals surface area contributed by atoms with Gasteiger partial charge in [0.2, 0.25) is 0 Å². The summed E-state index contributed by atoms with van der Waals surface area (Å²) in [4.78, 5) is 4.24. The van der Waals surface area contributed by atoms with Crippen LogP contribution < -0.4 is 5.32 Å². The molecule has 1 heterocycles. The fraction of sp³-hybridized carbons (Fsp3) is 0.706. The zero-order valence-electron chi connectivity index (χ0n) is 12.9. The smallest absolute Gasteiger partial charge is 0.0837 e. The summed E-state index contributed by atoms with van der Waals surface area (Å²) in [5.41, 5.74) is 1.33. The van der Waals surface area contributed by atoms with Crippen LogP contribution in [0.5, 0.6) is 0 Å². The average Bonchev–Trinajstić information content (AvgIpc) is 2.94. The Bertz CT molecular complexity index is 374. The van der Waals surface area contributed by atoms with Crippen molar-refractivity contribution in [2.75, 3.05) is 13.2 Å². The molecule has 1 fully saturated rings. The van der Waals surface area contributed by atoms with E-state index in [1.807, 2.05) is 18.5 Å². The highest BCUT2D eigenvalue weighted by atomic mass is 16.5. The van der Waals surface area contributed by atoms with Crippen LogP contribution >= 0.6 is 0 Å². The molecule has 0 spiro atoms. The highest BCUT2D eigenvalue weighted by Crippen LogP contribution is 2.37. The molecule has 1 aliphatic carbocycles. The second-order valence-electron chi connectivity index (χ2n) is 5.78. The first-order valence-electron chi connectivity index (χ1n) is 8.07. The van der Waals surface area contributed by atoms with Crippen molar-refractivity contribution in [1.29, 1.82) is 0 Å². The zero-order chi connectivity index (χ0) is 14.3. The van der Waals surface area contributed by atoms with Gasteiger partial charge in [-0.05, 0) is 50.8 Å². The van der Waals surface area contributed by atoms with E-state index in [9.17, 15) is 0 Å². The molecule has 1 aromatic rings. The first-order chi connectivity index (χ1) is 9.80. The lowest BCUT2D eigenvalue weighted by Gasteiger charge is -2.38. The third-order valence-corrected chi connectivity index (χ3v) is 4.32. The van der Waals surface area contributed by atoms with Gasteiger partial charge in [0.25, 0.3) is 0 Å². The summed E-state index contributed by atoms with van der Waals surface area (Å²) in [5.74, 6) is 0. The van der Waals surface area contributed by atoms with Crippen molar-refractivity contribution in [2.24, 2.45) is 0 Å². The molecule has 2 rings (SSSR count). The third-order valence-electron chi connectivity index (χ3n) is 4.32. The molecule has 0 radical (unpaired) electrons. The van der Waals surface area contributed by atoms with E-state index in [0.717, 1.165) is 26.0 Å². The summed E-state index contributed by atoms with van der Waals surface area (Å²) in [7, 11) is 0. The van der Waals surface area contributed by atoms with Gasteiger partial charge in [0, 0.05) is 25.0 Å². The standard InChI is InChI=1S/C17H28N2O/c1-3-11-19-16(13-15-8-7-12-18-14-15)17(20-4-2)9-5-6-10-17/h7-8,12,14,16,19H,3-6,9-11,13H2,1-2H3. The molecular formula is C17H28N2O. The van der Waals surface area contributed by atoms with E-state index < -0.39 is 0 Å². The van der Waals surface area contributed by atoms with Gasteiger partial charge in [-0.25, -0.2) is 0 Å². The quantitative estimate of drug-likeness (QED) is 0.790. The number of nitrogens with one attached hydrogen (secondary N) is 1. The number of aromatic nitrogens is 1. The number of pyridine rings is 1. The Balaban J connectivity index is 2.12. The van der Waals surface area contributed by atoms with Crippen molar-refractivity contribution >= 4 is 0 Å². The Kier molecular flexibility index (Phi) is 5.99. The Morgan fingerprint density at radius 1 is 1.35 bits per heavy atom. The third kappa shape index (κ3) is 3.80. The minimum absolute atomic E-state index is 0.0275. The van der Waals surface area contributed by atoms with Gasteiger partial charge in [-0.1, -0.05) is 25.8 Å². The van der Waals surface area contributed by atoms with Crippen LogP contribution in [-0.4, -0.2) is 29.8 Å². The van der Waals surface area contributed by atoms with E-state index in [1.54, 1.807) is 0 Å². The molecule has 20 heavy (non-hydrogen) atoms. The SMILES string of the molecule is CCCNC(Cc1cccnc1)C1(OCC)CCCC1. The molecule has 1 aliphatic rings. The molecule has 1 unspecified atom stereocenters. The second kappa shape index (κ2) is 7.75. The number of rotatable bonds is 8. The number of nitrogens with zero attached hydrogens (tertiary/aromatic N) is 1. The molecule has 1 saturated carbocycles. The summed E-state index contributed by atoms with van der Waals surface area (Å²) in [6.45, 7) is 6.19. The summed E-state index contributed by atoms with van der Waals surface area (Å²) < 4.78 is 6.24. The first-order valence-corrected chi connectivity index (χ1v) is 8.07. The molecule has 1 atom stereocenters. The molecule has 0 bridgehead atoms. The molecule has 3 heteroatoms. The Morgan fingerprint density at radius 2 is 2.15 bits per heavy atom. The highest BCUT2D eigenvalue weighted by Gasteiger charge is 2.41. The van der Waals surface area contributed by atoms with E-state index in [1.165, 1.54) is 31.2 Å². The van der Waals surface area contributed by atoms with Gasteiger partial charge < -0.3 is 10.1 Å². The van der Waals surface area contributed by atoms with Crippen molar-refractivity contribution in [2.45, 2.75) is 64.0 Å². The van der Waals surface area contributed by atoms with Crippen molar-refractivity contribution in [3.05, 3.63) is 30.1 Å². The van der Waals surface area contributed by atoms with Crippen LogP contribution in [0, 0.1) is 0 Å². The van der Waals surface area contributed by atoms with Crippen molar-refractivity contribution in [1.82, 2.24) is 10.3 Å². The van der Waals surface area contributed by atoms with Crippen molar-refractivity contribution < 1.29 is 4.74 Å². The van der Waals surface area contributed by atoms with Crippen LogP contribution in [0.2, 0.25) is 0 Å². The van der Waals surface area contributed by atoms with Crippen LogP contribution in [0.4, 0.5) is 0 Å². The number of hydrogen-bond acceptors (Lipinski definition) is 3. The Labute approximate surface area is 123 Å². The summed E-state index contributed by atoms with van der Waals surface area (Å²) in [6.07, 6.45) is 10.9. The number of hydrogen-bond donors (Lipinski definition) is 1. The topological polar surface area (TPSA) is 34.2 Å². The van der Waals surface area contributed by atoms with E-state index in [2.05, 4.69) is 30.2 Å². The largest absolute Gasteiger partial charge is 0.374 e. The van der Waals surface area contributed by atoms with Crippen LogP contribution in [0.3, 0.4) is 0 Å². The lowest BCUT2D eigenvalue weighted by molar-refractivity contribution is -0.0612. The Hall–Kier alpha value is -0.930. The molecule has 0 aliphatic heterocycles. The van der Waals surface area contributed by atoms with Crippen molar-refractivity contribution in [3.63, 3.8) is 0 Å². The van der Waals surface area contributed by atoms with Gasteiger partial charge >= 0.3 is 0 Å². The second-order valence-corrected chi connectivity index (χ2v) is 5.78. The van der Waals surface area contributed by atoms with Gasteiger partial charge in [0.1, 0.15) is 0 Å². The lowest BCUT2D eigenvalue weighted by atomic mass is 9.87. The molecule has 1 aromatic heterocycles. The van der Waals surface area contributed by atoms with Crippen LogP contribution in [-0.2, 0) is 11.2 Å². The van der Waals surface area contributed by atoms with Gasteiger partial charge in [0.15, 0.2) is 0 Å². The fourth-order valence-electron chi connectivity index (χ4n) is 3.37. The molecular weight excluding hydrogens is 248 g/mol. The first kappa shape index (κ1) is 15.5. The predicted molar refractivity (Wildman–Crippen MR) is 82.8 cm³/mol. The highest BCUT2D eigenvalue weighted by molar-refractivity contribution is 5.13. The normalized spacial score (nSPS) is 19.1. The molecule has 0 amide bonds. The van der Waals surface area contributed by atoms with E-state index in [-0.39, 0.29) is 5.60 Å².